The molecule has 1 aliphatic heterocycles. The molecule has 1 saturated heterocycles. The van der Waals surface area contributed by atoms with Crippen molar-refractivity contribution in [2.45, 2.75) is 25.9 Å². The summed E-state index contributed by atoms with van der Waals surface area (Å²) in [6.07, 6.45) is 6.86. The second-order valence-corrected chi connectivity index (χ2v) is 7.38. The number of carbonyl (C=O) groups is 1. The van der Waals surface area contributed by atoms with E-state index < -0.39 is 0 Å². The third-order valence-corrected chi connectivity index (χ3v) is 4.94. The minimum atomic E-state index is 0.0870. The number of carbonyl (C=O) groups excluding carboxylic acids is 1. The lowest BCUT2D eigenvalue weighted by atomic mass is 10.1. The number of nitrogens with zero attached hydrogens (tertiary/aromatic N) is 3. The van der Waals surface area contributed by atoms with E-state index in [2.05, 4.69) is 41.5 Å². The third-order valence-electron chi connectivity index (χ3n) is 4.10. The van der Waals surface area contributed by atoms with Crippen LogP contribution in [-0.4, -0.2) is 65.5 Å². The van der Waals surface area contributed by atoms with Gasteiger partial charge in [0.2, 0.25) is 0 Å². The lowest BCUT2D eigenvalue weighted by Crippen LogP contribution is -2.44. The smallest absolute Gasteiger partial charge is 0.317 e. The normalized spacial score (nSPS) is 19.1. The van der Waals surface area contributed by atoms with Gasteiger partial charge in [0.15, 0.2) is 0 Å². The molecule has 0 unspecified atom stereocenters. The van der Waals surface area contributed by atoms with Crippen LogP contribution in [0.4, 0.5) is 4.79 Å². The summed E-state index contributed by atoms with van der Waals surface area (Å²) in [6.45, 7) is 5.70. The van der Waals surface area contributed by atoms with Crippen molar-refractivity contribution in [1.82, 2.24) is 20.1 Å². The average molecular weight is 337 g/mol. The van der Waals surface area contributed by atoms with Crippen LogP contribution in [0.2, 0.25) is 0 Å². The first-order chi connectivity index (χ1) is 11.1. The quantitative estimate of drug-likeness (QED) is 0.830. The van der Waals surface area contributed by atoms with Crippen molar-refractivity contribution in [3.63, 3.8) is 0 Å². The number of hydrogen-bond acceptors (Lipinski definition) is 4. The van der Waals surface area contributed by atoms with Gasteiger partial charge >= 0.3 is 6.03 Å². The predicted molar refractivity (Wildman–Crippen MR) is 96.6 cm³/mol. The highest BCUT2D eigenvalue weighted by Crippen LogP contribution is 2.18. The molecule has 1 aromatic heterocycles. The van der Waals surface area contributed by atoms with Gasteiger partial charge in [0.25, 0.3) is 0 Å². The number of amides is 2. The fourth-order valence-electron chi connectivity index (χ4n) is 3.07. The number of rotatable bonds is 7. The minimum absolute atomic E-state index is 0.0870. The first-order valence-corrected chi connectivity index (χ1v) is 9.59. The van der Waals surface area contributed by atoms with Gasteiger partial charge in [-0.1, -0.05) is 6.07 Å². The van der Waals surface area contributed by atoms with Crippen molar-refractivity contribution in [2.75, 3.05) is 38.7 Å². The molecule has 1 aliphatic rings. The summed E-state index contributed by atoms with van der Waals surface area (Å²) in [5.41, 5.74) is 1.23. The molecule has 1 aromatic rings. The molecule has 6 heteroatoms. The van der Waals surface area contributed by atoms with Crippen molar-refractivity contribution in [3.05, 3.63) is 30.1 Å². The van der Waals surface area contributed by atoms with E-state index >= 15 is 0 Å². The molecule has 0 aromatic carbocycles. The Kier molecular flexibility index (Phi) is 7.17. The van der Waals surface area contributed by atoms with E-state index in [1.807, 2.05) is 17.2 Å². The summed E-state index contributed by atoms with van der Waals surface area (Å²) in [6, 6.07) is 4.39. The van der Waals surface area contributed by atoms with Gasteiger partial charge in [0.1, 0.15) is 0 Å². The molecule has 2 atom stereocenters. The number of hydrogen-bond donors (Lipinski definition) is 1. The first-order valence-electron chi connectivity index (χ1n) is 8.20. The lowest BCUT2D eigenvalue weighted by Gasteiger charge is -2.23. The summed E-state index contributed by atoms with van der Waals surface area (Å²) >= 11 is 1.76. The molecule has 1 N–H and O–H groups in total. The molecule has 2 heterocycles. The zero-order valence-corrected chi connectivity index (χ0v) is 15.2. The molecule has 0 spiro atoms. The summed E-state index contributed by atoms with van der Waals surface area (Å²) < 4.78 is 0. The fraction of sp³-hybridized carbons (Fsp3) is 0.647. The van der Waals surface area contributed by atoms with Crippen molar-refractivity contribution in [1.29, 1.82) is 0 Å². The van der Waals surface area contributed by atoms with Crippen LogP contribution in [0.1, 0.15) is 18.9 Å². The SMILES string of the molecule is CSC[C@@H](C)NC(=O)N1CC[C@H](CN(C)Cc2cccnc2)C1. The second-order valence-electron chi connectivity index (χ2n) is 6.46. The van der Waals surface area contributed by atoms with E-state index in [1.54, 1.807) is 18.0 Å². The Morgan fingerprint density at radius 2 is 2.43 bits per heavy atom. The highest BCUT2D eigenvalue weighted by atomic mass is 32.2. The maximum Gasteiger partial charge on any atom is 0.317 e. The Morgan fingerprint density at radius 3 is 3.13 bits per heavy atom. The Bertz CT molecular complexity index is 485. The van der Waals surface area contributed by atoms with Crippen LogP contribution in [0.15, 0.2) is 24.5 Å². The van der Waals surface area contributed by atoms with Crippen molar-refractivity contribution in [3.8, 4) is 0 Å². The van der Waals surface area contributed by atoms with Crippen LogP contribution < -0.4 is 5.32 Å². The second kappa shape index (κ2) is 9.13. The molecule has 2 amide bonds. The first kappa shape index (κ1) is 18.1. The minimum Gasteiger partial charge on any atom is -0.335 e. The summed E-state index contributed by atoms with van der Waals surface area (Å²) in [5.74, 6) is 1.51. The molecule has 23 heavy (non-hydrogen) atoms. The van der Waals surface area contributed by atoms with Gasteiger partial charge in [-0.15, -0.1) is 0 Å². The van der Waals surface area contributed by atoms with Crippen LogP contribution >= 0.6 is 11.8 Å². The molecule has 2 rings (SSSR count). The molecule has 0 aliphatic carbocycles. The number of pyridine rings is 1. The molecule has 0 saturated carbocycles. The molecule has 5 nitrogen and oxygen atoms in total. The molecule has 0 radical (unpaired) electrons. The van der Waals surface area contributed by atoms with Crippen LogP contribution in [0.25, 0.3) is 0 Å². The van der Waals surface area contributed by atoms with Crippen molar-refractivity contribution >= 4 is 17.8 Å². The van der Waals surface area contributed by atoms with Crippen molar-refractivity contribution < 1.29 is 4.79 Å². The van der Waals surface area contributed by atoms with Crippen LogP contribution in [0.5, 0.6) is 0 Å². The van der Waals surface area contributed by atoms with E-state index in [9.17, 15) is 4.79 Å². The summed E-state index contributed by atoms with van der Waals surface area (Å²) in [4.78, 5) is 20.7. The summed E-state index contributed by atoms with van der Waals surface area (Å²) in [7, 11) is 2.14. The van der Waals surface area contributed by atoms with Gasteiger partial charge in [-0.3, -0.25) is 4.98 Å². The topological polar surface area (TPSA) is 48.5 Å². The Balaban J connectivity index is 1.73. The van der Waals surface area contributed by atoms with E-state index in [4.69, 9.17) is 0 Å². The average Bonchev–Trinajstić information content (AvgIpc) is 2.97. The zero-order chi connectivity index (χ0) is 16.7. The van der Waals surface area contributed by atoms with Gasteiger partial charge in [-0.25, -0.2) is 4.79 Å². The Morgan fingerprint density at radius 1 is 1.61 bits per heavy atom. The number of aromatic nitrogens is 1. The maximum atomic E-state index is 12.2. The molecular weight excluding hydrogens is 308 g/mol. The van der Waals surface area contributed by atoms with Gasteiger partial charge in [-0.05, 0) is 44.2 Å². The maximum absolute atomic E-state index is 12.2. The monoisotopic (exact) mass is 336 g/mol. The molecule has 128 valence electrons. The highest BCUT2D eigenvalue weighted by molar-refractivity contribution is 7.98. The van der Waals surface area contributed by atoms with Gasteiger partial charge in [-0.2, -0.15) is 11.8 Å². The van der Waals surface area contributed by atoms with Gasteiger partial charge in [0, 0.05) is 50.4 Å². The van der Waals surface area contributed by atoms with Crippen LogP contribution in [0, 0.1) is 5.92 Å². The molecular formula is C17H28N4OS. The Hall–Kier alpha value is -1.27. The van der Waals surface area contributed by atoms with Gasteiger partial charge in [0.05, 0.1) is 0 Å². The van der Waals surface area contributed by atoms with E-state index in [-0.39, 0.29) is 12.1 Å². The lowest BCUT2D eigenvalue weighted by molar-refractivity contribution is 0.201. The molecule has 0 bridgehead atoms. The van der Waals surface area contributed by atoms with Gasteiger partial charge < -0.3 is 15.1 Å². The standard InChI is InChI=1S/C17H28N4OS/c1-14(13-23-3)19-17(22)21-8-6-16(12-21)11-20(2)10-15-5-4-7-18-9-15/h4-5,7,9,14,16H,6,8,10-13H2,1-3H3,(H,19,22)/t14-,16-/m1/s1. The summed E-state index contributed by atoms with van der Waals surface area (Å²) in [5, 5.41) is 3.08. The third kappa shape index (κ3) is 6.03. The number of nitrogens with one attached hydrogen (secondary N) is 1. The zero-order valence-electron chi connectivity index (χ0n) is 14.4. The van der Waals surface area contributed by atoms with E-state index in [0.29, 0.717) is 5.92 Å². The van der Waals surface area contributed by atoms with E-state index in [0.717, 1.165) is 38.4 Å². The van der Waals surface area contributed by atoms with Crippen LogP contribution in [-0.2, 0) is 6.54 Å². The Labute approximate surface area is 143 Å². The predicted octanol–water partition coefficient (Wildman–Crippen LogP) is 2.30. The fourth-order valence-corrected chi connectivity index (χ4v) is 3.65. The van der Waals surface area contributed by atoms with E-state index in [1.165, 1.54) is 5.56 Å². The number of urea groups is 1. The number of likely N-dealkylation sites (tertiary alicyclic amines) is 1. The van der Waals surface area contributed by atoms with Crippen molar-refractivity contribution in [2.24, 2.45) is 5.92 Å². The molecule has 1 fully saturated rings. The largest absolute Gasteiger partial charge is 0.335 e. The van der Waals surface area contributed by atoms with Crippen LogP contribution in [0.3, 0.4) is 0 Å². The highest BCUT2D eigenvalue weighted by Gasteiger charge is 2.27. The number of thioether (sulfide) groups is 1.